The Morgan fingerprint density at radius 3 is 2.81 bits per heavy atom. The van der Waals surface area contributed by atoms with E-state index >= 15 is 0 Å². The zero-order valence-electron chi connectivity index (χ0n) is 13.9. The lowest BCUT2D eigenvalue weighted by Gasteiger charge is -2.09. The van der Waals surface area contributed by atoms with Gasteiger partial charge in [-0.2, -0.15) is 5.10 Å². The van der Waals surface area contributed by atoms with Crippen LogP contribution in [0.4, 0.5) is 5.69 Å². The molecular weight excluding hydrogens is 391 g/mol. The molecule has 0 aliphatic heterocycles. The van der Waals surface area contributed by atoms with Crippen LogP contribution in [0.5, 0.6) is 0 Å². The predicted octanol–water partition coefficient (Wildman–Crippen LogP) is 3.01. The molecule has 10 heteroatoms. The second kappa shape index (κ2) is 6.57. The van der Waals surface area contributed by atoms with E-state index in [1.54, 1.807) is 43.6 Å². The van der Waals surface area contributed by atoms with Crippen molar-refractivity contribution in [2.45, 2.75) is 0 Å². The van der Waals surface area contributed by atoms with E-state index < -0.39 is 5.91 Å². The first kappa shape index (κ1) is 17.3. The first-order valence-electron chi connectivity index (χ1n) is 7.80. The predicted molar refractivity (Wildman–Crippen MR) is 103 cm³/mol. The minimum absolute atomic E-state index is 0.130. The number of nitrogens with one attached hydrogen (secondary N) is 2. The number of hydrogen-bond donors (Lipinski definition) is 2. The number of imidazole rings is 1. The minimum atomic E-state index is -0.448. The molecule has 0 fully saturated rings. The monoisotopic (exact) mass is 402 g/mol. The van der Waals surface area contributed by atoms with E-state index in [9.17, 15) is 9.59 Å². The summed E-state index contributed by atoms with van der Waals surface area (Å²) < 4.78 is 2.74. The summed E-state index contributed by atoms with van der Waals surface area (Å²) in [5.74, 6) is -0.157. The zero-order chi connectivity index (χ0) is 19.1. The second-order valence-corrected chi connectivity index (χ2v) is 6.54. The van der Waals surface area contributed by atoms with Crippen LogP contribution < -0.4 is 11.0 Å². The van der Waals surface area contributed by atoms with Gasteiger partial charge in [-0.05, 0) is 30.3 Å². The maximum absolute atomic E-state index is 12.8. The summed E-state index contributed by atoms with van der Waals surface area (Å²) >= 11 is 12.1. The van der Waals surface area contributed by atoms with Crippen LogP contribution in [0.25, 0.3) is 16.9 Å². The minimum Gasteiger partial charge on any atom is -0.321 e. The summed E-state index contributed by atoms with van der Waals surface area (Å²) in [6, 6.07) is 9.83. The van der Waals surface area contributed by atoms with Crippen molar-refractivity contribution in [1.29, 1.82) is 0 Å². The van der Waals surface area contributed by atoms with Crippen LogP contribution in [0, 0.1) is 0 Å². The van der Waals surface area contributed by atoms with Gasteiger partial charge in [0.2, 0.25) is 0 Å². The molecule has 0 bridgehead atoms. The summed E-state index contributed by atoms with van der Waals surface area (Å²) in [4.78, 5) is 31.4. The van der Waals surface area contributed by atoms with Crippen molar-refractivity contribution in [2.75, 3.05) is 5.32 Å². The number of aromatic nitrogens is 5. The van der Waals surface area contributed by atoms with Gasteiger partial charge in [0.15, 0.2) is 11.0 Å². The average Bonchev–Trinajstić information content (AvgIpc) is 3.16. The Morgan fingerprint density at radius 2 is 2.04 bits per heavy atom. The lowest BCUT2D eigenvalue weighted by molar-refractivity contribution is 0.101. The molecule has 27 heavy (non-hydrogen) atoms. The third-order valence-corrected chi connectivity index (χ3v) is 4.49. The van der Waals surface area contributed by atoms with Gasteiger partial charge in [-0.25, -0.2) is 14.5 Å². The molecule has 0 atom stereocenters. The number of hydrogen-bond acceptors (Lipinski definition) is 4. The lowest BCUT2D eigenvalue weighted by atomic mass is 10.2. The Labute approximate surface area is 162 Å². The molecule has 0 unspecified atom stereocenters. The molecule has 0 saturated carbocycles. The van der Waals surface area contributed by atoms with Gasteiger partial charge in [-0.15, -0.1) is 0 Å². The molecule has 0 radical (unpaired) electrons. The maximum Gasteiger partial charge on any atom is 0.326 e. The van der Waals surface area contributed by atoms with E-state index in [0.717, 1.165) is 0 Å². The smallest absolute Gasteiger partial charge is 0.321 e. The summed E-state index contributed by atoms with van der Waals surface area (Å²) in [5.41, 5.74) is 1.79. The highest BCUT2D eigenvalue weighted by molar-refractivity contribution is 6.32. The molecule has 3 heterocycles. The van der Waals surface area contributed by atoms with Crippen molar-refractivity contribution in [3.8, 4) is 5.82 Å². The molecule has 0 aliphatic rings. The van der Waals surface area contributed by atoms with Gasteiger partial charge in [-0.1, -0.05) is 23.2 Å². The van der Waals surface area contributed by atoms with Crippen LogP contribution in [0.1, 0.15) is 10.5 Å². The van der Waals surface area contributed by atoms with Gasteiger partial charge in [0, 0.05) is 25.0 Å². The fourth-order valence-electron chi connectivity index (χ4n) is 2.70. The summed E-state index contributed by atoms with van der Waals surface area (Å²) in [7, 11) is 1.64. The Bertz CT molecular complexity index is 1240. The van der Waals surface area contributed by atoms with E-state index in [4.69, 9.17) is 23.2 Å². The van der Waals surface area contributed by atoms with E-state index in [2.05, 4.69) is 20.4 Å². The fraction of sp³-hybridized carbons (Fsp3) is 0.0588. The topological polar surface area (TPSA) is 97.6 Å². The summed E-state index contributed by atoms with van der Waals surface area (Å²) in [6.07, 6.45) is 1.54. The number of aromatic amines is 1. The van der Waals surface area contributed by atoms with E-state index in [1.165, 1.54) is 15.3 Å². The maximum atomic E-state index is 12.8. The molecule has 0 aliphatic carbocycles. The summed E-state index contributed by atoms with van der Waals surface area (Å²) in [5, 5.41) is 7.33. The summed E-state index contributed by atoms with van der Waals surface area (Å²) in [6.45, 7) is 0. The van der Waals surface area contributed by atoms with Gasteiger partial charge in [0.25, 0.3) is 5.91 Å². The first-order valence-corrected chi connectivity index (χ1v) is 8.56. The van der Waals surface area contributed by atoms with Crippen molar-refractivity contribution >= 4 is 45.8 Å². The molecule has 3 aromatic heterocycles. The van der Waals surface area contributed by atoms with Crippen LogP contribution in [0.15, 0.2) is 47.4 Å². The van der Waals surface area contributed by atoms with Crippen LogP contribution in [-0.4, -0.2) is 30.2 Å². The van der Waals surface area contributed by atoms with Gasteiger partial charge >= 0.3 is 5.69 Å². The number of carbonyl (C=O) groups excluding carboxylic acids is 1. The Morgan fingerprint density at radius 1 is 1.22 bits per heavy atom. The van der Waals surface area contributed by atoms with Gasteiger partial charge < -0.3 is 10.3 Å². The third kappa shape index (κ3) is 3.09. The number of H-pyrrole nitrogens is 1. The van der Waals surface area contributed by atoms with Crippen molar-refractivity contribution in [2.24, 2.45) is 7.05 Å². The molecule has 1 amide bonds. The number of amides is 1. The molecule has 1 aromatic carbocycles. The molecular formula is C17H12Cl2N6O2. The van der Waals surface area contributed by atoms with Crippen LogP contribution in [0.2, 0.25) is 10.2 Å². The van der Waals surface area contributed by atoms with Crippen LogP contribution in [0.3, 0.4) is 0 Å². The molecule has 4 aromatic rings. The number of halogens is 2. The number of benzene rings is 1. The normalized spacial score (nSPS) is 11.1. The molecule has 4 rings (SSSR count). The highest BCUT2D eigenvalue weighted by atomic mass is 35.5. The highest BCUT2D eigenvalue weighted by Crippen LogP contribution is 2.22. The number of rotatable bonds is 3. The highest BCUT2D eigenvalue weighted by Gasteiger charge is 2.19. The molecule has 8 nitrogen and oxygen atoms in total. The zero-order valence-corrected chi connectivity index (χ0v) is 15.4. The molecule has 0 spiro atoms. The molecule has 136 valence electrons. The van der Waals surface area contributed by atoms with Crippen molar-refractivity contribution in [3.63, 3.8) is 0 Å². The third-order valence-electron chi connectivity index (χ3n) is 4.02. The van der Waals surface area contributed by atoms with Gasteiger partial charge in [0.1, 0.15) is 5.69 Å². The first-order chi connectivity index (χ1) is 12.9. The van der Waals surface area contributed by atoms with Crippen LogP contribution >= 0.6 is 23.2 Å². The number of pyridine rings is 1. The van der Waals surface area contributed by atoms with E-state index in [0.29, 0.717) is 27.6 Å². The number of carbonyl (C=O) groups is 1. The largest absolute Gasteiger partial charge is 0.326 e. The number of anilines is 1. The quantitative estimate of drug-likeness (QED) is 0.550. The van der Waals surface area contributed by atoms with Crippen molar-refractivity contribution in [3.05, 3.63) is 68.9 Å². The van der Waals surface area contributed by atoms with Gasteiger partial charge in [0.05, 0.1) is 16.1 Å². The van der Waals surface area contributed by atoms with Crippen molar-refractivity contribution < 1.29 is 4.79 Å². The number of nitrogens with zero attached hydrogens (tertiary/aromatic N) is 4. The standard InChI is InChI=1S/C17H12Cl2N6O2/c1-24-12-7-9(4-5-11(12)22-17(24)27)21-16(26)13-8-14(19)23-25(13)15-10(18)3-2-6-20-15/h2-8H,1H3,(H,21,26)(H,22,27). The van der Waals surface area contributed by atoms with E-state index in [-0.39, 0.29) is 16.5 Å². The van der Waals surface area contributed by atoms with Crippen molar-refractivity contribution in [1.82, 2.24) is 24.3 Å². The Hall–Kier alpha value is -3.10. The van der Waals surface area contributed by atoms with E-state index in [1.807, 2.05) is 0 Å². The van der Waals surface area contributed by atoms with Gasteiger partial charge in [-0.3, -0.25) is 9.36 Å². The number of aryl methyl sites for hydroxylation is 1. The fourth-order valence-corrected chi connectivity index (χ4v) is 3.09. The Kier molecular flexibility index (Phi) is 4.21. The lowest BCUT2D eigenvalue weighted by Crippen LogP contribution is -2.17. The SMILES string of the molecule is Cn1c(=O)[nH]c2ccc(NC(=O)c3cc(Cl)nn3-c3ncccc3Cl)cc21. The second-order valence-electron chi connectivity index (χ2n) is 5.75. The average molecular weight is 403 g/mol. The molecule has 2 N–H and O–H groups in total. The Balaban J connectivity index is 1.71. The molecule has 0 saturated heterocycles. The van der Waals surface area contributed by atoms with Crippen LogP contribution in [-0.2, 0) is 7.05 Å². The number of fused-ring (bicyclic) bond motifs is 1.